The summed E-state index contributed by atoms with van der Waals surface area (Å²) in [5.74, 6) is 0. The van der Waals surface area contributed by atoms with E-state index in [0.29, 0.717) is 6.04 Å². The Hall–Kier alpha value is -1.66. The van der Waals surface area contributed by atoms with Gasteiger partial charge in [0.2, 0.25) is 0 Å². The number of aromatic nitrogens is 4. The number of aromatic amines is 1. The van der Waals surface area contributed by atoms with Crippen molar-refractivity contribution in [2.45, 2.75) is 18.9 Å². The Balaban J connectivity index is 1.63. The number of hydrogen-bond acceptors (Lipinski definition) is 3. The molecule has 0 amide bonds. The Labute approximate surface area is 137 Å². The van der Waals surface area contributed by atoms with Crippen LogP contribution in [0.15, 0.2) is 35.3 Å². The number of hydrogen-bond donors (Lipinski definition) is 1. The SMILES string of the molecule is CN1CCC(n2cc(-c3cnc4[nH]cc(Br)c4c3)cn2)CC1. The van der Waals surface area contributed by atoms with Crippen LogP contribution in [-0.4, -0.2) is 44.8 Å². The summed E-state index contributed by atoms with van der Waals surface area (Å²) in [6, 6.07) is 2.67. The molecule has 4 rings (SSSR count). The van der Waals surface area contributed by atoms with E-state index in [0.717, 1.165) is 52.6 Å². The molecule has 3 aromatic rings. The van der Waals surface area contributed by atoms with Gasteiger partial charge in [0.25, 0.3) is 0 Å². The van der Waals surface area contributed by atoms with Crippen LogP contribution in [0.2, 0.25) is 0 Å². The number of nitrogens with zero attached hydrogens (tertiary/aromatic N) is 4. The Morgan fingerprint density at radius 3 is 2.86 bits per heavy atom. The smallest absolute Gasteiger partial charge is 0.138 e. The maximum Gasteiger partial charge on any atom is 0.138 e. The van der Waals surface area contributed by atoms with E-state index in [1.807, 2.05) is 18.6 Å². The summed E-state index contributed by atoms with van der Waals surface area (Å²) in [6.07, 6.45) is 10.3. The van der Waals surface area contributed by atoms with Gasteiger partial charge >= 0.3 is 0 Å². The van der Waals surface area contributed by atoms with E-state index in [9.17, 15) is 0 Å². The Morgan fingerprint density at radius 1 is 1.23 bits per heavy atom. The van der Waals surface area contributed by atoms with Gasteiger partial charge in [0, 0.05) is 39.6 Å². The molecule has 0 spiro atoms. The molecule has 0 aliphatic carbocycles. The van der Waals surface area contributed by atoms with Crippen LogP contribution < -0.4 is 0 Å². The van der Waals surface area contributed by atoms with Crippen LogP contribution in [-0.2, 0) is 0 Å². The van der Waals surface area contributed by atoms with E-state index in [-0.39, 0.29) is 0 Å². The molecule has 0 aromatic carbocycles. The highest BCUT2D eigenvalue weighted by molar-refractivity contribution is 9.10. The van der Waals surface area contributed by atoms with Crippen LogP contribution in [0.5, 0.6) is 0 Å². The van der Waals surface area contributed by atoms with Gasteiger partial charge in [-0.2, -0.15) is 5.10 Å². The zero-order valence-electron chi connectivity index (χ0n) is 12.5. The van der Waals surface area contributed by atoms with Gasteiger partial charge < -0.3 is 9.88 Å². The molecule has 1 N–H and O–H groups in total. The maximum atomic E-state index is 4.58. The molecule has 0 radical (unpaired) electrons. The molecule has 1 aliphatic rings. The third-order valence-corrected chi connectivity index (χ3v) is 5.13. The maximum absolute atomic E-state index is 4.58. The summed E-state index contributed by atoms with van der Waals surface area (Å²) in [7, 11) is 2.18. The average molecular weight is 360 g/mol. The number of piperidine rings is 1. The zero-order chi connectivity index (χ0) is 15.1. The molecule has 0 saturated carbocycles. The number of nitrogens with one attached hydrogen (secondary N) is 1. The van der Waals surface area contributed by atoms with Crippen molar-refractivity contribution in [3.05, 3.63) is 35.3 Å². The van der Waals surface area contributed by atoms with Gasteiger partial charge in [-0.3, -0.25) is 4.68 Å². The van der Waals surface area contributed by atoms with Crippen LogP contribution in [0.3, 0.4) is 0 Å². The molecular formula is C16H18BrN5. The number of rotatable bonds is 2. The largest absolute Gasteiger partial charge is 0.345 e. The lowest BCUT2D eigenvalue weighted by molar-refractivity contribution is 0.212. The van der Waals surface area contributed by atoms with Crippen molar-refractivity contribution in [2.75, 3.05) is 20.1 Å². The molecule has 6 heteroatoms. The zero-order valence-corrected chi connectivity index (χ0v) is 14.0. The van der Waals surface area contributed by atoms with Crippen molar-refractivity contribution < 1.29 is 0 Å². The molecule has 1 saturated heterocycles. The Bertz CT molecular complexity index is 798. The van der Waals surface area contributed by atoms with Crippen molar-refractivity contribution >= 4 is 27.0 Å². The van der Waals surface area contributed by atoms with E-state index in [1.54, 1.807) is 0 Å². The van der Waals surface area contributed by atoms with Gasteiger partial charge in [-0.1, -0.05) is 0 Å². The third-order valence-electron chi connectivity index (χ3n) is 4.48. The summed E-state index contributed by atoms with van der Waals surface area (Å²) in [5, 5.41) is 5.68. The number of H-pyrrole nitrogens is 1. The summed E-state index contributed by atoms with van der Waals surface area (Å²) in [4.78, 5) is 10.0. The van der Waals surface area contributed by atoms with Gasteiger partial charge in [-0.05, 0) is 55.0 Å². The van der Waals surface area contributed by atoms with E-state index in [1.165, 1.54) is 0 Å². The van der Waals surface area contributed by atoms with Gasteiger partial charge in [-0.25, -0.2) is 4.98 Å². The lowest BCUT2D eigenvalue weighted by atomic mass is 10.1. The second-order valence-electron chi connectivity index (χ2n) is 6.00. The van der Waals surface area contributed by atoms with Gasteiger partial charge in [0.15, 0.2) is 0 Å². The lowest BCUT2D eigenvalue weighted by Crippen LogP contribution is -2.31. The molecule has 0 bridgehead atoms. The highest BCUT2D eigenvalue weighted by Gasteiger charge is 2.19. The predicted octanol–water partition coefficient (Wildman–Crippen LogP) is 3.46. The molecule has 114 valence electrons. The van der Waals surface area contributed by atoms with Crippen LogP contribution in [0.1, 0.15) is 18.9 Å². The first-order valence-electron chi connectivity index (χ1n) is 7.56. The average Bonchev–Trinajstić information content (AvgIpc) is 3.16. The monoisotopic (exact) mass is 359 g/mol. The first-order valence-corrected chi connectivity index (χ1v) is 8.36. The van der Waals surface area contributed by atoms with E-state index in [2.05, 4.69) is 59.9 Å². The third kappa shape index (κ3) is 2.46. The van der Waals surface area contributed by atoms with Gasteiger partial charge in [0.05, 0.1) is 12.2 Å². The summed E-state index contributed by atoms with van der Waals surface area (Å²) < 4.78 is 3.16. The molecule has 5 nitrogen and oxygen atoms in total. The van der Waals surface area contributed by atoms with Crippen molar-refractivity contribution in [1.29, 1.82) is 0 Å². The molecule has 1 aliphatic heterocycles. The Morgan fingerprint density at radius 2 is 2.05 bits per heavy atom. The molecule has 1 fully saturated rings. The number of halogens is 1. The van der Waals surface area contributed by atoms with Crippen LogP contribution >= 0.6 is 15.9 Å². The lowest BCUT2D eigenvalue weighted by Gasteiger charge is -2.28. The van der Waals surface area contributed by atoms with Crippen molar-refractivity contribution in [3.8, 4) is 11.1 Å². The molecule has 0 atom stereocenters. The molecular weight excluding hydrogens is 342 g/mol. The van der Waals surface area contributed by atoms with Crippen LogP contribution in [0, 0.1) is 0 Å². The number of likely N-dealkylation sites (tertiary alicyclic amines) is 1. The van der Waals surface area contributed by atoms with E-state index >= 15 is 0 Å². The normalized spacial score (nSPS) is 17.4. The minimum atomic E-state index is 0.514. The molecule has 3 aromatic heterocycles. The van der Waals surface area contributed by atoms with E-state index < -0.39 is 0 Å². The van der Waals surface area contributed by atoms with E-state index in [4.69, 9.17) is 0 Å². The van der Waals surface area contributed by atoms with Gasteiger partial charge in [0.1, 0.15) is 5.65 Å². The van der Waals surface area contributed by atoms with Crippen LogP contribution in [0.25, 0.3) is 22.2 Å². The minimum absolute atomic E-state index is 0.514. The van der Waals surface area contributed by atoms with Crippen molar-refractivity contribution in [2.24, 2.45) is 0 Å². The fourth-order valence-corrected chi connectivity index (χ4v) is 3.49. The standard InChI is InChI=1S/C16H18BrN5/c1-21-4-2-13(3-5-21)22-10-12(8-20-22)11-6-14-15(17)9-19-16(14)18-7-11/h6-10,13H,2-5H2,1H3,(H,18,19). The summed E-state index contributed by atoms with van der Waals surface area (Å²) >= 11 is 3.55. The number of fused-ring (bicyclic) bond motifs is 1. The second-order valence-corrected chi connectivity index (χ2v) is 6.85. The van der Waals surface area contributed by atoms with Crippen LogP contribution in [0.4, 0.5) is 0 Å². The predicted molar refractivity (Wildman–Crippen MR) is 90.8 cm³/mol. The summed E-state index contributed by atoms with van der Waals surface area (Å²) in [5.41, 5.74) is 3.13. The number of pyridine rings is 1. The topological polar surface area (TPSA) is 49.7 Å². The fraction of sp³-hybridized carbons (Fsp3) is 0.375. The molecule has 4 heterocycles. The summed E-state index contributed by atoms with van der Waals surface area (Å²) in [6.45, 7) is 2.29. The highest BCUT2D eigenvalue weighted by Crippen LogP contribution is 2.28. The quantitative estimate of drug-likeness (QED) is 0.762. The Kier molecular flexibility index (Phi) is 3.50. The van der Waals surface area contributed by atoms with Gasteiger partial charge in [-0.15, -0.1) is 0 Å². The minimum Gasteiger partial charge on any atom is -0.345 e. The first kappa shape index (κ1) is 14.0. The van der Waals surface area contributed by atoms with Crippen molar-refractivity contribution in [3.63, 3.8) is 0 Å². The van der Waals surface area contributed by atoms with Crippen molar-refractivity contribution in [1.82, 2.24) is 24.6 Å². The highest BCUT2D eigenvalue weighted by atomic mass is 79.9. The first-order chi connectivity index (χ1) is 10.7. The fourth-order valence-electron chi connectivity index (χ4n) is 3.08. The molecule has 0 unspecified atom stereocenters. The molecule has 22 heavy (non-hydrogen) atoms. The second kappa shape index (κ2) is 5.52.